The van der Waals surface area contributed by atoms with E-state index >= 15 is 0 Å². The van der Waals surface area contributed by atoms with E-state index in [-0.39, 0.29) is 30.4 Å². The van der Waals surface area contributed by atoms with Crippen molar-refractivity contribution in [2.24, 2.45) is 17.6 Å². The third kappa shape index (κ3) is 16.8. The second-order valence-corrected chi connectivity index (χ2v) is 18.4. The van der Waals surface area contributed by atoms with Crippen LogP contribution in [0, 0.1) is 11.8 Å². The molecule has 62 heavy (non-hydrogen) atoms. The predicted octanol–water partition coefficient (Wildman–Crippen LogP) is 5.48. The van der Waals surface area contributed by atoms with Crippen LogP contribution in [0.4, 0.5) is 4.79 Å². The molecule has 5 amide bonds. The molecule has 0 heterocycles. The van der Waals surface area contributed by atoms with E-state index in [1.54, 1.807) is 20.8 Å². The van der Waals surface area contributed by atoms with Gasteiger partial charge in [0.25, 0.3) is 0 Å². The van der Waals surface area contributed by atoms with E-state index in [1.165, 1.54) is 11.8 Å². The fraction of sp³-hybridized carbons (Fsp3) is 0.489. The Kier molecular flexibility index (Phi) is 20.4. The maximum absolute atomic E-state index is 14.3. The van der Waals surface area contributed by atoms with E-state index in [1.807, 2.05) is 119 Å². The summed E-state index contributed by atoms with van der Waals surface area (Å²) >= 11 is 1.42. The predicted molar refractivity (Wildman–Crippen MR) is 243 cm³/mol. The molecular weight excluding hydrogens is 809 g/mol. The molecule has 3 aromatic rings. The first-order chi connectivity index (χ1) is 29.3. The zero-order valence-electron chi connectivity index (χ0n) is 37.1. The van der Waals surface area contributed by atoms with Crippen LogP contribution in [0.1, 0.15) is 97.3 Å². The Hall–Kier alpha value is -5.41. The molecule has 4 atom stereocenters. The van der Waals surface area contributed by atoms with Gasteiger partial charge in [0, 0.05) is 12.3 Å². The molecule has 0 radical (unpaired) electrons. The van der Waals surface area contributed by atoms with Crippen molar-refractivity contribution in [2.45, 2.75) is 115 Å². The van der Waals surface area contributed by atoms with Crippen LogP contribution in [0.5, 0.6) is 0 Å². The highest BCUT2D eigenvalue weighted by molar-refractivity contribution is 8.00. The molecule has 3 aromatic carbocycles. The number of hydrogen-bond donors (Lipinski definition) is 7. The van der Waals surface area contributed by atoms with Gasteiger partial charge in [-0.05, 0) is 81.4 Å². The molecule has 3 rings (SSSR count). The fourth-order valence-corrected chi connectivity index (χ4v) is 8.36. The Bertz CT molecular complexity index is 1800. The van der Waals surface area contributed by atoms with E-state index in [0.29, 0.717) is 25.8 Å². The molecule has 0 saturated carbocycles. The lowest BCUT2D eigenvalue weighted by atomic mass is 9.84. The van der Waals surface area contributed by atoms with Gasteiger partial charge in [-0.25, -0.2) is 4.79 Å². The molecule has 15 heteroatoms. The van der Waals surface area contributed by atoms with Crippen LogP contribution in [0.3, 0.4) is 0 Å². The monoisotopic (exact) mass is 874 g/mol. The molecule has 0 bridgehead atoms. The van der Waals surface area contributed by atoms with Gasteiger partial charge in [0.15, 0.2) is 0 Å². The highest BCUT2D eigenvalue weighted by atomic mass is 32.2. The van der Waals surface area contributed by atoms with E-state index in [2.05, 4.69) is 26.6 Å². The van der Waals surface area contributed by atoms with E-state index < -0.39 is 76.8 Å². The lowest BCUT2D eigenvalue weighted by Gasteiger charge is -2.36. The van der Waals surface area contributed by atoms with Gasteiger partial charge in [-0.2, -0.15) is 0 Å². The Balaban J connectivity index is 1.84. The molecule has 0 saturated heterocycles. The molecule has 0 aromatic heterocycles. The van der Waals surface area contributed by atoms with Gasteiger partial charge in [0.05, 0.1) is 10.8 Å². The molecular formula is C47H66N6O8S. The highest BCUT2D eigenvalue weighted by Gasteiger charge is 2.39. The first-order valence-electron chi connectivity index (χ1n) is 21.3. The summed E-state index contributed by atoms with van der Waals surface area (Å²) < 4.78 is 4.38. The molecule has 0 aliphatic heterocycles. The molecule has 0 spiro atoms. The number of thioether (sulfide) groups is 1. The maximum Gasteiger partial charge on any atom is 0.407 e. The minimum absolute atomic E-state index is 0.0131. The number of carboxylic acid groups (broad SMARTS) is 1. The van der Waals surface area contributed by atoms with Gasteiger partial charge in [-0.3, -0.25) is 24.0 Å². The number of aliphatic carboxylic acids is 1. The van der Waals surface area contributed by atoms with Crippen LogP contribution in [0.25, 0.3) is 0 Å². The molecule has 0 aliphatic carbocycles. The largest absolute Gasteiger partial charge is 0.480 e. The first kappa shape index (κ1) is 50.9. The topological polar surface area (TPSA) is 218 Å². The molecule has 14 nitrogen and oxygen atoms in total. The van der Waals surface area contributed by atoms with Crippen molar-refractivity contribution in [2.75, 3.05) is 18.8 Å². The Morgan fingerprint density at radius 2 is 1.06 bits per heavy atom. The van der Waals surface area contributed by atoms with E-state index in [9.17, 15) is 33.9 Å². The summed E-state index contributed by atoms with van der Waals surface area (Å²) in [5.41, 5.74) is 8.40. The smallest absolute Gasteiger partial charge is 0.407 e. The number of unbranched alkanes of at least 4 members (excludes halogenated alkanes) is 1. The number of benzene rings is 3. The zero-order valence-corrected chi connectivity index (χ0v) is 37.9. The third-order valence-corrected chi connectivity index (χ3v) is 11.3. The van der Waals surface area contributed by atoms with Gasteiger partial charge in [0.1, 0.15) is 30.3 Å². The second-order valence-electron chi connectivity index (χ2n) is 17.2. The molecule has 8 N–H and O–H groups in total. The Morgan fingerprint density at radius 3 is 1.48 bits per heavy atom. The third-order valence-electron chi connectivity index (χ3n) is 9.68. The van der Waals surface area contributed by atoms with Crippen LogP contribution >= 0.6 is 11.8 Å². The maximum atomic E-state index is 14.3. The van der Waals surface area contributed by atoms with Crippen molar-refractivity contribution in [3.63, 3.8) is 0 Å². The standard InChI is InChI=1S/C47H66N6O8S/c1-31(2)27-37(51-41(56)36(48)25-17-18-26-49-45(60)61-46(5,6)7)43(58)52-38(28-32(3)4)44(59)53-39(42(57)50-29-40(54)55)30-62-47(33-19-11-8-12-20-33,34-21-13-9-14-22-34)35-23-15-10-16-24-35/h8-16,19-24,31-32,36-39H,17-18,25-30,48H2,1-7H3,(H,49,60)(H,50,57)(H,51,56)(H,52,58)(H,53,59)(H,54,55)/t36-,37-,38-,39-/m0/s1. The Labute approximate surface area is 370 Å². The summed E-state index contributed by atoms with van der Waals surface area (Å²) in [6.07, 6.45) is 1.33. The normalized spacial score (nSPS) is 13.6. The van der Waals surface area contributed by atoms with Gasteiger partial charge in [-0.15, -0.1) is 11.8 Å². The van der Waals surface area contributed by atoms with Crippen molar-refractivity contribution in [3.05, 3.63) is 108 Å². The zero-order chi connectivity index (χ0) is 45.9. The number of amides is 5. The number of carbonyl (C=O) groups excluding carboxylic acids is 5. The van der Waals surface area contributed by atoms with Crippen molar-refractivity contribution >= 4 is 47.5 Å². The summed E-state index contributed by atoms with van der Waals surface area (Å²) in [7, 11) is 0. The summed E-state index contributed by atoms with van der Waals surface area (Å²) in [6, 6.07) is 25.1. The number of ether oxygens (including phenoxy) is 1. The fourth-order valence-electron chi connectivity index (χ4n) is 6.80. The number of carboxylic acids is 1. The van der Waals surface area contributed by atoms with Crippen LogP contribution < -0.4 is 32.3 Å². The van der Waals surface area contributed by atoms with E-state index in [4.69, 9.17) is 10.5 Å². The van der Waals surface area contributed by atoms with Crippen molar-refractivity contribution in [3.8, 4) is 0 Å². The number of alkyl carbamates (subject to hydrolysis) is 1. The Morgan fingerprint density at radius 1 is 0.629 bits per heavy atom. The second kappa shape index (κ2) is 24.9. The van der Waals surface area contributed by atoms with Gasteiger partial charge in [0.2, 0.25) is 23.6 Å². The summed E-state index contributed by atoms with van der Waals surface area (Å²) in [4.78, 5) is 78.8. The highest BCUT2D eigenvalue weighted by Crippen LogP contribution is 2.48. The van der Waals surface area contributed by atoms with Crippen molar-refractivity contribution in [1.29, 1.82) is 0 Å². The number of rotatable bonds is 24. The SMILES string of the molecule is CC(C)C[C@H](NC(=O)[C@H](CC(C)C)NC(=O)[C@@H](N)CCCCNC(=O)OC(C)(C)C)C(=O)N[C@@H](CSC(c1ccccc1)(c1ccccc1)c1ccccc1)C(=O)NCC(=O)O. The van der Waals surface area contributed by atoms with Crippen LogP contribution in [0.15, 0.2) is 91.0 Å². The minimum Gasteiger partial charge on any atom is -0.480 e. The van der Waals surface area contributed by atoms with Crippen LogP contribution in [-0.2, 0) is 33.5 Å². The van der Waals surface area contributed by atoms with Gasteiger partial charge >= 0.3 is 12.1 Å². The molecule has 0 fully saturated rings. The lowest BCUT2D eigenvalue weighted by molar-refractivity contribution is -0.138. The van der Waals surface area contributed by atoms with Crippen LogP contribution in [0.2, 0.25) is 0 Å². The van der Waals surface area contributed by atoms with Gasteiger partial charge < -0.3 is 42.2 Å². The van der Waals surface area contributed by atoms with Gasteiger partial charge in [-0.1, -0.05) is 119 Å². The minimum atomic E-state index is -1.25. The average Bonchev–Trinajstić information content (AvgIpc) is 3.21. The number of nitrogens with one attached hydrogen (secondary N) is 5. The van der Waals surface area contributed by atoms with Crippen molar-refractivity contribution < 1.29 is 38.6 Å². The quantitative estimate of drug-likeness (QED) is 0.0444. The summed E-state index contributed by atoms with van der Waals surface area (Å²) in [5, 5.41) is 23.0. The summed E-state index contributed by atoms with van der Waals surface area (Å²) in [5.74, 6) is -3.78. The van der Waals surface area contributed by atoms with Crippen molar-refractivity contribution in [1.82, 2.24) is 26.6 Å². The summed E-state index contributed by atoms with van der Waals surface area (Å²) in [6.45, 7) is 12.6. The van der Waals surface area contributed by atoms with E-state index in [0.717, 1.165) is 16.7 Å². The molecule has 0 aliphatic rings. The lowest BCUT2D eigenvalue weighted by Crippen LogP contribution is -2.58. The van der Waals surface area contributed by atoms with Crippen LogP contribution in [-0.4, -0.2) is 89.4 Å². The average molecular weight is 875 g/mol. The molecule has 0 unspecified atom stereocenters. The number of carbonyl (C=O) groups is 6. The number of hydrogen-bond acceptors (Lipinski definition) is 9. The number of nitrogens with two attached hydrogens (primary N) is 1. The molecule has 338 valence electrons. The first-order valence-corrected chi connectivity index (χ1v) is 22.2.